The third kappa shape index (κ3) is 3.48. The Kier molecular flexibility index (Phi) is 5.93. The van der Waals surface area contributed by atoms with Gasteiger partial charge >= 0.3 is 5.97 Å². The second-order valence-electron chi connectivity index (χ2n) is 5.62. The quantitative estimate of drug-likeness (QED) is 0.425. The van der Waals surface area contributed by atoms with Crippen LogP contribution in [0.4, 0.5) is 0 Å². The number of esters is 1. The molecular weight excluding hydrogens is 372 g/mol. The number of carbonyl (C=O) groups is 1. The first-order valence-corrected chi connectivity index (χ1v) is 10.1. The van der Waals surface area contributed by atoms with Gasteiger partial charge in [0.15, 0.2) is 5.16 Å². The Morgan fingerprint density at radius 1 is 1.38 bits per heavy atom. The van der Waals surface area contributed by atoms with Crippen molar-refractivity contribution in [2.24, 2.45) is 0 Å². The summed E-state index contributed by atoms with van der Waals surface area (Å²) in [6, 6.07) is 7.31. The third-order valence-corrected chi connectivity index (χ3v) is 6.48. The van der Waals surface area contributed by atoms with E-state index in [0.717, 1.165) is 17.9 Å². The van der Waals surface area contributed by atoms with Crippen molar-refractivity contribution in [3.63, 3.8) is 0 Å². The van der Waals surface area contributed by atoms with Gasteiger partial charge in [-0.2, -0.15) is 0 Å². The molecule has 2 heterocycles. The van der Waals surface area contributed by atoms with E-state index in [-0.39, 0.29) is 11.5 Å². The lowest BCUT2D eigenvalue weighted by molar-refractivity contribution is -0.140. The van der Waals surface area contributed by atoms with Crippen LogP contribution in [0, 0.1) is 0 Å². The Morgan fingerprint density at radius 3 is 2.85 bits per heavy atom. The van der Waals surface area contributed by atoms with Crippen LogP contribution in [-0.2, 0) is 16.0 Å². The van der Waals surface area contributed by atoms with Gasteiger partial charge in [-0.3, -0.25) is 14.2 Å². The number of para-hydroxylation sites is 2. The number of benzene rings is 1. The second kappa shape index (κ2) is 8.18. The molecule has 0 fully saturated rings. The van der Waals surface area contributed by atoms with E-state index < -0.39 is 5.25 Å². The zero-order valence-electron chi connectivity index (χ0n) is 14.9. The highest BCUT2D eigenvalue weighted by molar-refractivity contribution is 8.00. The summed E-state index contributed by atoms with van der Waals surface area (Å²) >= 11 is 2.78. The predicted octanol–water partition coefficient (Wildman–Crippen LogP) is 2.93. The Balaban J connectivity index is 2.19. The fourth-order valence-electron chi connectivity index (χ4n) is 2.76. The fraction of sp³-hybridized carbons (Fsp3) is 0.389. The van der Waals surface area contributed by atoms with Gasteiger partial charge < -0.3 is 9.47 Å². The minimum absolute atomic E-state index is 0.121. The topological polar surface area (TPSA) is 70.4 Å². The van der Waals surface area contributed by atoms with Crippen LogP contribution in [0.1, 0.15) is 19.0 Å². The van der Waals surface area contributed by atoms with Gasteiger partial charge in [-0.15, -0.1) is 11.8 Å². The van der Waals surface area contributed by atoms with E-state index in [9.17, 15) is 9.59 Å². The highest BCUT2D eigenvalue weighted by atomic mass is 32.2. The summed E-state index contributed by atoms with van der Waals surface area (Å²) in [6.45, 7) is 1.91. The molecule has 0 saturated heterocycles. The molecule has 0 bridgehead atoms. The van der Waals surface area contributed by atoms with Crippen LogP contribution in [-0.4, -0.2) is 40.7 Å². The number of thioether (sulfide) groups is 2. The molecule has 6 nitrogen and oxygen atoms in total. The second-order valence-corrected chi connectivity index (χ2v) is 7.89. The van der Waals surface area contributed by atoms with E-state index in [1.165, 1.54) is 30.6 Å². The van der Waals surface area contributed by atoms with Gasteiger partial charge in [-0.05, 0) is 18.6 Å². The van der Waals surface area contributed by atoms with Crippen LogP contribution in [0.2, 0.25) is 0 Å². The van der Waals surface area contributed by atoms with Gasteiger partial charge in [-0.25, -0.2) is 4.98 Å². The Morgan fingerprint density at radius 2 is 2.15 bits per heavy atom. The first kappa shape index (κ1) is 18.8. The van der Waals surface area contributed by atoms with Crippen LogP contribution in [0.15, 0.2) is 39.1 Å². The summed E-state index contributed by atoms with van der Waals surface area (Å²) in [5.74, 6) is 1.09. The summed E-state index contributed by atoms with van der Waals surface area (Å²) in [5.41, 5.74) is 1.29. The number of ether oxygens (including phenoxy) is 2. The molecule has 0 N–H and O–H groups in total. The highest BCUT2D eigenvalue weighted by Gasteiger charge is 2.27. The zero-order valence-corrected chi connectivity index (χ0v) is 16.5. The monoisotopic (exact) mass is 392 g/mol. The number of rotatable bonds is 6. The lowest BCUT2D eigenvalue weighted by atomic mass is 10.2. The van der Waals surface area contributed by atoms with Crippen molar-refractivity contribution < 1.29 is 14.3 Å². The molecule has 1 aromatic heterocycles. The number of carbonyl (C=O) groups excluding carboxylic acids is 1. The maximum atomic E-state index is 13.2. The molecule has 1 unspecified atom stereocenters. The number of aryl methyl sites for hydroxylation is 1. The normalized spacial score (nSPS) is 14.0. The van der Waals surface area contributed by atoms with Crippen LogP contribution in [0.3, 0.4) is 0 Å². The summed E-state index contributed by atoms with van der Waals surface area (Å²) in [6.07, 6.45) is 1.33. The number of nitrogens with zero attached hydrogens (tertiary/aromatic N) is 2. The van der Waals surface area contributed by atoms with E-state index in [4.69, 9.17) is 14.5 Å². The molecule has 26 heavy (non-hydrogen) atoms. The van der Waals surface area contributed by atoms with Gasteiger partial charge in [0.1, 0.15) is 11.0 Å². The summed E-state index contributed by atoms with van der Waals surface area (Å²) in [5, 5.41) is 0.0537. The van der Waals surface area contributed by atoms with Crippen molar-refractivity contribution in [3.8, 4) is 11.4 Å². The van der Waals surface area contributed by atoms with Crippen LogP contribution in [0.5, 0.6) is 5.75 Å². The van der Waals surface area contributed by atoms with Crippen LogP contribution in [0.25, 0.3) is 5.69 Å². The van der Waals surface area contributed by atoms with Gasteiger partial charge in [0, 0.05) is 12.2 Å². The van der Waals surface area contributed by atoms with Gasteiger partial charge in [0.05, 0.1) is 30.5 Å². The minimum Gasteiger partial charge on any atom is -0.495 e. The summed E-state index contributed by atoms with van der Waals surface area (Å²) in [4.78, 5) is 30.6. The molecule has 3 rings (SSSR count). The van der Waals surface area contributed by atoms with Gasteiger partial charge in [-0.1, -0.05) is 30.8 Å². The zero-order chi connectivity index (χ0) is 18.7. The molecule has 0 saturated carbocycles. The van der Waals surface area contributed by atoms with E-state index in [1.807, 2.05) is 25.1 Å². The maximum Gasteiger partial charge on any atom is 0.319 e. The number of methoxy groups -OCH3 is 2. The van der Waals surface area contributed by atoms with E-state index in [2.05, 4.69) is 0 Å². The Labute approximate surface area is 160 Å². The van der Waals surface area contributed by atoms with Crippen molar-refractivity contribution in [1.29, 1.82) is 0 Å². The smallest absolute Gasteiger partial charge is 0.319 e. The summed E-state index contributed by atoms with van der Waals surface area (Å²) in [7, 11) is 2.93. The first-order valence-electron chi connectivity index (χ1n) is 8.27. The molecule has 0 radical (unpaired) electrons. The molecule has 8 heteroatoms. The Hall–Kier alpha value is -1.93. The SMILES string of the molecule is CCC(Sc1nc2c(c(=O)n1-c1ccccc1OC)SCC2)C(=O)OC. The minimum atomic E-state index is -0.431. The Bertz CT molecular complexity index is 882. The fourth-order valence-corrected chi connectivity index (χ4v) is 4.85. The molecular formula is C18H20N2O4S2. The van der Waals surface area contributed by atoms with Crippen molar-refractivity contribution in [3.05, 3.63) is 40.3 Å². The highest BCUT2D eigenvalue weighted by Crippen LogP contribution is 2.34. The average molecular weight is 393 g/mol. The van der Waals surface area contributed by atoms with E-state index in [1.54, 1.807) is 17.7 Å². The van der Waals surface area contributed by atoms with E-state index >= 15 is 0 Å². The molecule has 2 aromatic rings. The molecule has 0 aliphatic carbocycles. The summed E-state index contributed by atoms with van der Waals surface area (Å²) < 4.78 is 11.9. The van der Waals surface area contributed by atoms with Crippen molar-refractivity contribution in [2.45, 2.75) is 35.1 Å². The molecule has 0 amide bonds. The third-order valence-electron chi connectivity index (χ3n) is 4.08. The number of hydrogen-bond acceptors (Lipinski definition) is 7. The van der Waals surface area contributed by atoms with Crippen molar-refractivity contribution in [2.75, 3.05) is 20.0 Å². The van der Waals surface area contributed by atoms with E-state index in [0.29, 0.717) is 27.9 Å². The lowest BCUT2D eigenvalue weighted by Crippen LogP contribution is -2.26. The number of hydrogen-bond donors (Lipinski definition) is 0. The standard InChI is InChI=1S/C18H20N2O4S2/c1-4-14(17(22)24-3)26-18-19-11-9-10-25-15(11)16(21)20(18)12-7-5-6-8-13(12)23-2/h5-8,14H,4,9-10H2,1-3H3. The maximum absolute atomic E-state index is 13.2. The van der Waals surface area contributed by atoms with Crippen LogP contribution < -0.4 is 10.3 Å². The van der Waals surface area contributed by atoms with Crippen LogP contribution >= 0.6 is 23.5 Å². The molecule has 1 aliphatic rings. The predicted molar refractivity (Wildman–Crippen MR) is 103 cm³/mol. The molecule has 0 spiro atoms. The molecule has 1 atom stereocenters. The lowest BCUT2D eigenvalue weighted by Gasteiger charge is -2.18. The first-order chi connectivity index (χ1) is 12.6. The number of fused-ring (bicyclic) bond motifs is 1. The average Bonchev–Trinajstić information content (AvgIpc) is 3.14. The number of aromatic nitrogens is 2. The molecule has 1 aromatic carbocycles. The molecule has 1 aliphatic heterocycles. The van der Waals surface area contributed by atoms with Crippen molar-refractivity contribution >= 4 is 29.5 Å². The van der Waals surface area contributed by atoms with Gasteiger partial charge in [0.2, 0.25) is 0 Å². The van der Waals surface area contributed by atoms with Gasteiger partial charge in [0.25, 0.3) is 5.56 Å². The largest absolute Gasteiger partial charge is 0.495 e. The van der Waals surface area contributed by atoms with Crippen molar-refractivity contribution in [1.82, 2.24) is 9.55 Å². The molecule has 138 valence electrons.